The van der Waals surface area contributed by atoms with Crippen LogP contribution in [0.5, 0.6) is 0 Å². The van der Waals surface area contributed by atoms with Gasteiger partial charge < -0.3 is 10.6 Å². The fourth-order valence-corrected chi connectivity index (χ4v) is 1.90. The average molecular weight is 247 g/mol. The number of nitrogens with one attached hydrogen (secondary N) is 2. The number of hydrogen-bond acceptors (Lipinski definition) is 2. The quantitative estimate of drug-likeness (QED) is 0.840. The Morgan fingerprint density at radius 1 is 1.39 bits per heavy atom. The third kappa shape index (κ3) is 2.61. The van der Waals surface area contributed by atoms with E-state index >= 15 is 0 Å². The number of rotatable bonds is 3. The molecule has 0 radical (unpaired) electrons. The summed E-state index contributed by atoms with van der Waals surface area (Å²) in [5, 5.41) is 5.48. The molecule has 2 rings (SSSR count). The van der Waals surface area contributed by atoms with Gasteiger partial charge in [0.15, 0.2) is 0 Å². The van der Waals surface area contributed by atoms with E-state index in [4.69, 9.17) is 0 Å². The van der Waals surface area contributed by atoms with Gasteiger partial charge in [0.1, 0.15) is 6.04 Å². The first kappa shape index (κ1) is 12.4. The Morgan fingerprint density at radius 2 is 2.06 bits per heavy atom. The molecule has 0 spiro atoms. The van der Waals surface area contributed by atoms with Crippen molar-refractivity contribution in [1.82, 2.24) is 10.6 Å². The van der Waals surface area contributed by atoms with Crippen LogP contribution in [-0.4, -0.2) is 30.6 Å². The first-order valence-corrected chi connectivity index (χ1v) is 6.01. The van der Waals surface area contributed by atoms with Gasteiger partial charge in [0.25, 0.3) is 0 Å². The first-order chi connectivity index (χ1) is 8.58. The van der Waals surface area contributed by atoms with Crippen LogP contribution >= 0.6 is 0 Å². The molecule has 1 aliphatic rings. The lowest BCUT2D eigenvalue weighted by Crippen LogP contribution is -2.45. The summed E-state index contributed by atoms with van der Waals surface area (Å²) in [7, 11) is 0. The van der Waals surface area contributed by atoms with Crippen LogP contribution in [0.15, 0.2) is 30.3 Å². The number of nitrogens with zero attached hydrogens (tertiary/aromatic N) is 1. The zero-order valence-electron chi connectivity index (χ0n) is 10.5. The summed E-state index contributed by atoms with van der Waals surface area (Å²) in [4.78, 5) is 25.2. The van der Waals surface area contributed by atoms with Gasteiger partial charge in [0, 0.05) is 11.7 Å². The van der Waals surface area contributed by atoms with Gasteiger partial charge in [-0.3, -0.25) is 9.69 Å². The third-order valence-corrected chi connectivity index (χ3v) is 2.72. The van der Waals surface area contributed by atoms with Crippen molar-refractivity contribution in [3.63, 3.8) is 0 Å². The Morgan fingerprint density at radius 3 is 2.67 bits per heavy atom. The molecule has 5 heteroatoms. The van der Waals surface area contributed by atoms with E-state index in [1.807, 2.05) is 44.2 Å². The van der Waals surface area contributed by atoms with Crippen molar-refractivity contribution in [3.8, 4) is 0 Å². The SMILES string of the molecule is CC(C)NC(=O)C1CN(c2ccccc2)C(=O)N1. The van der Waals surface area contributed by atoms with E-state index in [9.17, 15) is 9.59 Å². The molecule has 1 heterocycles. The molecule has 1 aromatic rings. The molecule has 1 unspecified atom stereocenters. The summed E-state index contributed by atoms with van der Waals surface area (Å²) in [6.07, 6.45) is 0. The minimum atomic E-state index is -0.486. The fourth-order valence-electron chi connectivity index (χ4n) is 1.90. The van der Waals surface area contributed by atoms with E-state index in [1.165, 1.54) is 0 Å². The third-order valence-electron chi connectivity index (χ3n) is 2.72. The fraction of sp³-hybridized carbons (Fsp3) is 0.385. The number of benzene rings is 1. The van der Waals surface area contributed by atoms with Crippen LogP contribution in [0, 0.1) is 0 Å². The number of para-hydroxylation sites is 1. The van der Waals surface area contributed by atoms with Crippen molar-refractivity contribution >= 4 is 17.6 Å². The van der Waals surface area contributed by atoms with Crippen LogP contribution in [0.4, 0.5) is 10.5 Å². The Balaban J connectivity index is 2.06. The lowest BCUT2D eigenvalue weighted by molar-refractivity contribution is -0.122. The Bertz CT molecular complexity index is 445. The Kier molecular flexibility index (Phi) is 3.50. The van der Waals surface area contributed by atoms with E-state index in [2.05, 4.69) is 10.6 Å². The maximum absolute atomic E-state index is 11.8. The molecule has 18 heavy (non-hydrogen) atoms. The molecule has 0 aliphatic carbocycles. The lowest BCUT2D eigenvalue weighted by atomic mass is 10.2. The van der Waals surface area contributed by atoms with E-state index in [1.54, 1.807) is 4.90 Å². The second kappa shape index (κ2) is 5.08. The highest BCUT2D eigenvalue weighted by molar-refractivity contribution is 6.00. The van der Waals surface area contributed by atoms with E-state index in [-0.39, 0.29) is 18.0 Å². The largest absolute Gasteiger partial charge is 0.352 e. The summed E-state index contributed by atoms with van der Waals surface area (Å²) < 4.78 is 0. The number of amides is 3. The maximum atomic E-state index is 11.8. The van der Waals surface area contributed by atoms with Crippen molar-refractivity contribution in [1.29, 1.82) is 0 Å². The van der Waals surface area contributed by atoms with Crippen molar-refractivity contribution in [2.24, 2.45) is 0 Å². The number of anilines is 1. The zero-order chi connectivity index (χ0) is 13.1. The Labute approximate surface area is 106 Å². The van der Waals surface area contributed by atoms with Crippen molar-refractivity contribution in [3.05, 3.63) is 30.3 Å². The van der Waals surface area contributed by atoms with Gasteiger partial charge in [-0.25, -0.2) is 4.79 Å². The van der Waals surface area contributed by atoms with Crippen LogP contribution in [0.3, 0.4) is 0 Å². The maximum Gasteiger partial charge on any atom is 0.322 e. The summed E-state index contributed by atoms with van der Waals surface area (Å²) in [5.41, 5.74) is 0.801. The Hall–Kier alpha value is -2.04. The van der Waals surface area contributed by atoms with Gasteiger partial charge in [-0.2, -0.15) is 0 Å². The number of carbonyl (C=O) groups is 2. The molecule has 2 N–H and O–H groups in total. The van der Waals surface area contributed by atoms with E-state index < -0.39 is 6.04 Å². The highest BCUT2D eigenvalue weighted by Crippen LogP contribution is 2.17. The molecule has 1 aromatic carbocycles. The summed E-state index contributed by atoms with van der Waals surface area (Å²) >= 11 is 0. The molecule has 1 fully saturated rings. The molecule has 96 valence electrons. The van der Waals surface area contributed by atoms with Crippen molar-refractivity contribution in [2.45, 2.75) is 25.9 Å². The molecular weight excluding hydrogens is 230 g/mol. The van der Waals surface area contributed by atoms with Gasteiger partial charge in [0.2, 0.25) is 5.91 Å². The van der Waals surface area contributed by atoms with Crippen LogP contribution in [0.1, 0.15) is 13.8 Å². The lowest BCUT2D eigenvalue weighted by Gasteiger charge is -2.15. The van der Waals surface area contributed by atoms with Gasteiger partial charge in [-0.05, 0) is 26.0 Å². The number of hydrogen-bond donors (Lipinski definition) is 2. The van der Waals surface area contributed by atoms with Crippen LogP contribution in [0.25, 0.3) is 0 Å². The minimum absolute atomic E-state index is 0.0696. The zero-order valence-corrected chi connectivity index (χ0v) is 10.5. The molecule has 1 aliphatic heterocycles. The molecule has 3 amide bonds. The van der Waals surface area contributed by atoms with Gasteiger partial charge >= 0.3 is 6.03 Å². The van der Waals surface area contributed by atoms with Gasteiger partial charge in [0.05, 0.1) is 6.54 Å². The van der Waals surface area contributed by atoms with Gasteiger partial charge in [-0.15, -0.1) is 0 Å². The second-order valence-corrected chi connectivity index (χ2v) is 4.61. The van der Waals surface area contributed by atoms with Crippen molar-refractivity contribution in [2.75, 3.05) is 11.4 Å². The second-order valence-electron chi connectivity index (χ2n) is 4.61. The monoisotopic (exact) mass is 247 g/mol. The predicted molar refractivity (Wildman–Crippen MR) is 69.4 cm³/mol. The van der Waals surface area contributed by atoms with E-state index in [0.717, 1.165) is 5.69 Å². The van der Waals surface area contributed by atoms with E-state index in [0.29, 0.717) is 6.54 Å². The smallest absolute Gasteiger partial charge is 0.322 e. The molecular formula is C13H17N3O2. The molecule has 0 saturated carbocycles. The molecule has 1 atom stereocenters. The predicted octanol–water partition coefficient (Wildman–Crippen LogP) is 1.11. The van der Waals surface area contributed by atoms with Gasteiger partial charge in [-0.1, -0.05) is 18.2 Å². The first-order valence-electron chi connectivity index (χ1n) is 6.01. The van der Waals surface area contributed by atoms with Crippen LogP contribution in [-0.2, 0) is 4.79 Å². The molecule has 0 aromatic heterocycles. The highest BCUT2D eigenvalue weighted by atomic mass is 16.2. The normalized spacial score (nSPS) is 18.9. The minimum Gasteiger partial charge on any atom is -0.352 e. The number of carbonyl (C=O) groups excluding carboxylic acids is 2. The van der Waals surface area contributed by atoms with Crippen LogP contribution < -0.4 is 15.5 Å². The van der Waals surface area contributed by atoms with Crippen LogP contribution in [0.2, 0.25) is 0 Å². The summed E-state index contributed by atoms with van der Waals surface area (Å²) in [6.45, 7) is 4.15. The highest BCUT2D eigenvalue weighted by Gasteiger charge is 2.34. The summed E-state index contributed by atoms with van der Waals surface area (Å²) in [5.74, 6) is -0.142. The molecule has 0 bridgehead atoms. The molecule has 5 nitrogen and oxygen atoms in total. The number of urea groups is 1. The average Bonchev–Trinajstić information content (AvgIpc) is 2.72. The summed E-state index contributed by atoms with van der Waals surface area (Å²) in [6, 6.07) is 8.67. The standard InChI is InChI=1S/C13H17N3O2/c1-9(2)14-12(17)11-8-16(13(18)15-11)10-6-4-3-5-7-10/h3-7,9,11H,8H2,1-2H3,(H,14,17)(H,15,18). The molecule has 1 saturated heterocycles. The topological polar surface area (TPSA) is 61.4 Å². The van der Waals surface area contributed by atoms with Crippen molar-refractivity contribution < 1.29 is 9.59 Å².